The van der Waals surface area contributed by atoms with Crippen molar-refractivity contribution < 1.29 is 9.84 Å². The minimum absolute atomic E-state index is 0.0966. The van der Waals surface area contributed by atoms with Crippen LogP contribution in [0.1, 0.15) is 10.4 Å². The summed E-state index contributed by atoms with van der Waals surface area (Å²) in [5.74, 6) is 0.434. The van der Waals surface area contributed by atoms with Crippen LogP contribution in [0.5, 0.6) is 17.6 Å². The zero-order chi connectivity index (χ0) is 19.0. The van der Waals surface area contributed by atoms with Gasteiger partial charge in [0.15, 0.2) is 0 Å². The van der Waals surface area contributed by atoms with Gasteiger partial charge in [-0.2, -0.15) is 4.98 Å². The zero-order valence-corrected chi connectivity index (χ0v) is 15.1. The van der Waals surface area contributed by atoms with E-state index in [1.165, 1.54) is 4.57 Å². The zero-order valence-electron chi connectivity index (χ0n) is 14.3. The van der Waals surface area contributed by atoms with Crippen LogP contribution in [0.25, 0.3) is 10.9 Å². The number of ether oxygens (including phenoxy) is 1. The van der Waals surface area contributed by atoms with Crippen molar-refractivity contribution in [3.05, 3.63) is 79.0 Å². The van der Waals surface area contributed by atoms with Crippen molar-refractivity contribution in [3.63, 3.8) is 0 Å². The largest absolute Gasteiger partial charge is 0.494 e. The topological polar surface area (TPSA) is 97.2 Å². The molecule has 0 aliphatic heterocycles. The van der Waals surface area contributed by atoms with Gasteiger partial charge >= 0.3 is 10.9 Å². The molecule has 2 aromatic carbocycles. The third kappa shape index (κ3) is 3.34. The fourth-order valence-corrected chi connectivity index (χ4v) is 3.48. The van der Waals surface area contributed by atoms with E-state index in [1.807, 2.05) is 18.2 Å². The number of aromatic hydroxyl groups is 1. The monoisotopic (exact) mass is 381 g/mol. The first-order valence-electron chi connectivity index (χ1n) is 8.15. The second-order valence-electron chi connectivity index (χ2n) is 5.98. The molecule has 0 aliphatic rings. The molecule has 0 unspecified atom stereocenters. The second-order valence-corrected chi connectivity index (χ2v) is 7.05. The molecule has 8 heteroatoms. The number of H-pyrrole nitrogens is 1. The molecule has 0 fully saturated rings. The molecular formula is C19H15N3O4S. The first-order chi connectivity index (χ1) is 13.0. The number of para-hydroxylation sites is 1. The lowest BCUT2D eigenvalue weighted by atomic mass is 10.1. The summed E-state index contributed by atoms with van der Waals surface area (Å²) in [5.41, 5.74) is 1.31. The van der Waals surface area contributed by atoms with Crippen LogP contribution in [0.2, 0.25) is 0 Å². The third-order valence-electron chi connectivity index (χ3n) is 4.14. The molecule has 27 heavy (non-hydrogen) atoms. The van der Waals surface area contributed by atoms with Crippen molar-refractivity contribution in [1.82, 2.24) is 14.5 Å². The first kappa shape index (κ1) is 17.0. The van der Waals surface area contributed by atoms with Crippen molar-refractivity contribution in [3.8, 4) is 17.6 Å². The van der Waals surface area contributed by atoms with Gasteiger partial charge < -0.3 is 9.84 Å². The van der Waals surface area contributed by atoms with E-state index in [0.29, 0.717) is 28.0 Å². The average Bonchev–Trinajstić information content (AvgIpc) is 2.98. The van der Waals surface area contributed by atoms with Crippen LogP contribution < -0.4 is 15.2 Å². The van der Waals surface area contributed by atoms with E-state index in [9.17, 15) is 14.7 Å². The smallest absolute Gasteiger partial charge is 0.307 e. The Bertz CT molecular complexity index is 1240. The summed E-state index contributed by atoms with van der Waals surface area (Å²) in [6.45, 7) is 0. The van der Waals surface area contributed by atoms with Crippen molar-refractivity contribution in [1.29, 1.82) is 0 Å². The molecule has 2 N–H and O–H groups in total. The number of aromatic amines is 1. The molecule has 2 heterocycles. The van der Waals surface area contributed by atoms with E-state index >= 15 is 0 Å². The Hall–Kier alpha value is -3.39. The predicted molar refractivity (Wildman–Crippen MR) is 103 cm³/mol. The number of hydrogen-bond donors (Lipinski definition) is 2. The lowest BCUT2D eigenvalue weighted by Gasteiger charge is -2.10. The number of nitrogens with zero attached hydrogens (tertiary/aromatic N) is 2. The molecule has 0 radical (unpaired) electrons. The molecule has 0 bridgehead atoms. The molecule has 0 spiro atoms. The minimum atomic E-state index is -0.286. The van der Waals surface area contributed by atoms with Gasteiger partial charge in [0.1, 0.15) is 5.75 Å². The summed E-state index contributed by atoms with van der Waals surface area (Å²) >= 11 is 0.980. The van der Waals surface area contributed by atoms with Crippen LogP contribution in [0, 0.1) is 0 Å². The second kappa shape index (κ2) is 6.73. The number of hydrogen-bond acceptors (Lipinski definition) is 6. The molecule has 0 atom stereocenters. The normalized spacial score (nSPS) is 11.0. The van der Waals surface area contributed by atoms with Crippen LogP contribution in [0.4, 0.5) is 0 Å². The van der Waals surface area contributed by atoms with E-state index in [1.54, 1.807) is 37.4 Å². The SMILES string of the molecule is Cn1c(Oc2ccc(Cc3sc(=O)[nH]c3O)cc2)nc2ccccc2c1=O. The van der Waals surface area contributed by atoms with Gasteiger partial charge in [0, 0.05) is 13.5 Å². The molecule has 7 nitrogen and oxygen atoms in total. The molecule has 0 amide bonds. The number of benzene rings is 2. The summed E-state index contributed by atoms with van der Waals surface area (Å²) in [6, 6.07) is 14.5. The number of rotatable bonds is 4. The quantitative estimate of drug-likeness (QED) is 0.567. The molecule has 4 rings (SSSR count). The van der Waals surface area contributed by atoms with Crippen LogP contribution >= 0.6 is 11.3 Å². The highest BCUT2D eigenvalue weighted by Gasteiger charge is 2.11. The highest BCUT2D eigenvalue weighted by Crippen LogP contribution is 2.24. The molecular weight excluding hydrogens is 366 g/mol. The highest BCUT2D eigenvalue weighted by atomic mass is 32.1. The van der Waals surface area contributed by atoms with E-state index in [-0.39, 0.29) is 22.3 Å². The average molecular weight is 381 g/mol. The maximum Gasteiger partial charge on any atom is 0.307 e. The maximum absolute atomic E-state index is 12.4. The van der Waals surface area contributed by atoms with E-state index in [2.05, 4.69) is 9.97 Å². The van der Waals surface area contributed by atoms with Gasteiger partial charge in [0.2, 0.25) is 5.88 Å². The molecule has 0 saturated heterocycles. The number of aromatic nitrogens is 3. The van der Waals surface area contributed by atoms with Gasteiger partial charge in [0.25, 0.3) is 5.56 Å². The van der Waals surface area contributed by atoms with E-state index in [0.717, 1.165) is 16.9 Å². The Morgan fingerprint density at radius 3 is 2.59 bits per heavy atom. The first-order valence-corrected chi connectivity index (χ1v) is 8.96. The summed E-state index contributed by atoms with van der Waals surface area (Å²) in [7, 11) is 1.61. The third-order valence-corrected chi connectivity index (χ3v) is 5.01. The van der Waals surface area contributed by atoms with Gasteiger partial charge in [-0.25, -0.2) is 0 Å². The van der Waals surface area contributed by atoms with Crippen molar-refractivity contribution in [2.24, 2.45) is 7.05 Å². The molecule has 0 aliphatic carbocycles. The summed E-state index contributed by atoms with van der Waals surface area (Å²) in [4.78, 5) is 30.7. The Kier molecular flexibility index (Phi) is 4.25. The predicted octanol–water partition coefficient (Wildman–Crippen LogP) is 2.77. The summed E-state index contributed by atoms with van der Waals surface area (Å²) < 4.78 is 7.15. The number of nitrogens with one attached hydrogen (secondary N) is 1. The van der Waals surface area contributed by atoms with Crippen molar-refractivity contribution >= 4 is 22.2 Å². The Balaban J connectivity index is 1.59. The van der Waals surface area contributed by atoms with Crippen LogP contribution in [0.15, 0.2) is 58.1 Å². The molecule has 2 aromatic heterocycles. The molecule has 4 aromatic rings. The van der Waals surface area contributed by atoms with Crippen LogP contribution in [-0.2, 0) is 13.5 Å². The molecule has 0 saturated carbocycles. The summed E-state index contributed by atoms with van der Waals surface area (Å²) in [5, 5.41) is 10.2. The van der Waals surface area contributed by atoms with Gasteiger partial charge in [-0.1, -0.05) is 35.6 Å². The summed E-state index contributed by atoms with van der Waals surface area (Å²) in [6.07, 6.45) is 0.433. The molecule has 136 valence electrons. The van der Waals surface area contributed by atoms with Crippen molar-refractivity contribution in [2.75, 3.05) is 0 Å². The number of thiazole rings is 1. The highest BCUT2D eigenvalue weighted by molar-refractivity contribution is 7.09. The van der Waals surface area contributed by atoms with Gasteiger partial charge in [0.05, 0.1) is 15.8 Å². The Morgan fingerprint density at radius 2 is 1.89 bits per heavy atom. The van der Waals surface area contributed by atoms with Gasteiger partial charge in [-0.15, -0.1) is 0 Å². The lowest BCUT2D eigenvalue weighted by molar-refractivity contribution is 0.416. The number of fused-ring (bicyclic) bond motifs is 1. The standard InChI is InChI=1S/C19H15N3O4S/c1-22-17(24)13-4-2-3-5-14(13)20-18(22)26-12-8-6-11(7-9-12)10-15-16(23)21-19(25)27-15/h2-9,23H,10H2,1H3,(H,21,25). The Morgan fingerprint density at radius 1 is 1.15 bits per heavy atom. The van der Waals surface area contributed by atoms with E-state index < -0.39 is 0 Å². The lowest BCUT2D eigenvalue weighted by Crippen LogP contribution is -2.19. The van der Waals surface area contributed by atoms with Crippen molar-refractivity contribution in [2.45, 2.75) is 6.42 Å². The minimum Gasteiger partial charge on any atom is -0.494 e. The van der Waals surface area contributed by atoms with Gasteiger partial charge in [-0.3, -0.25) is 19.1 Å². The van der Waals surface area contributed by atoms with Gasteiger partial charge in [-0.05, 0) is 29.8 Å². The Labute approximate surface area is 157 Å². The fraction of sp³-hybridized carbons (Fsp3) is 0.105. The fourth-order valence-electron chi connectivity index (χ4n) is 2.73. The van der Waals surface area contributed by atoms with Crippen LogP contribution in [-0.4, -0.2) is 19.6 Å². The van der Waals surface area contributed by atoms with E-state index in [4.69, 9.17) is 4.74 Å². The maximum atomic E-state index is 12.4. The van der Waals surface area contributed by atoms with Crippen LogP contribution in [0.3, 0.4) is 0 Å².